The Morgan fingerprint density at radius 3 is 2.90 bits per heavy atom. The van der Waals surface area contributed by atoms with Crippen LogP contribution in [0.3, 0.4) is 0 Å². The van der Waals surface area contributed by atoms with E-state index in [2.05, 4.69) is 11.6 Å². The molecule has 0 saturated heterocycles. The molecule has 0 spiro atoms. The Labute approximate surface area is 124 Å². The number of halogens is 1. The summed E-state index contributed by atoms with van der Waals surface area (Å²) < 4.78 is 19.2. The predicted molar refractivity (Wildman–Crippen MR) is 85.2 cm³/mol. The number of thioether (sulfide) groups is 1. The summed E-state index contributed by atoms with van der Waals surface area (Å²) >= 11 is 1.91. The van der Waals surface area contributed by atoms with Crippen LogP contribution < -0.4 is 15.8 Å². The summed E-state index contributed by atoms with van der Waals surface area (Å²) in [5, 5.41) is 4.15. The summed E-state index contributed by atoms with van der Waals surface area (Å²) in [5.74, 6) is -0.113. The Morgan fingerprint density at radius 1 is 1.45 bits per heavy atom. The fraction of sp³-hybridized carbons (Fsp3) is 0.600. The van der Waals surface area contributed by atoms with Crippen molar-refractivity contribution >= 4 is 23.1 Å². The quantitative estimate of drug-likeness (QED) is 0.782. The van der Waals surface area contributed by atoms with Crippen LogP contribution >= 0.6 is 11.8 Å². The van der Waals surface area contributed by atoms with E-state index in [1.54, 1.807) is 6.07 Å². The van der Waals surface area contributed by atoms with E-state index in [1.807, 2.05) is 18.7 Å². The third-order valence-electron chi connectivity index (χ3n) is 3.64. The van der Waals surface area contributed by atoms with Crippen LogP contribution in [0.2, 0.25) is 0 Å². The van der Waals surface area contributed by atoms with Gasteiger partial charge in [-0.2, -0.15) is 11.8 Å². The maximum absolute atomic E-state index is 13.7. The molecule has 0 aromatic heterocycles. The minimum atomic E-state index is -0.394. The lowest BCUT2D eigenvalue weighted by atomic mass is 10.2. The molecule has 0 bridgehead atoms. The van der Waals surface area contributed by atoms with E-state index in [9.17, 15) is 4.39 Å². The molecule has 1 aliphatic carbocycles. The van der Waals surface area contributed by atoms with Crippen molar-refractivity contribution in [3.05, 3.63) is 17.9 Å². The second kappa shape index (κ2) is 7.07. The minimum absolute atomic E-state index is 0.281. The number of rotatable bonds is 6. The lowest BCUT2D eigenvalue weighted by Gasteiger charge is -2.17. The largest absolute Gasteiger partial charge is 0.490 e. The van der Waals surface area contributed by atoms with Gasteiger partial charge in [-0.25, -0.2) is 4.39 Å². The maximum Gasteiger partial charge on any atom is 0.167 e. The van der Waals surface area contributed by atoms with Gasteiger partial charge in [0, 0.05) is 23.4 Å². The van der Waals surface area contributed by atoms with Crippen LogP contribution in [-0.4, -0.2) is 24.2 Å². The number of anilines is 2. The second-order valence-corrected chi connectivity index (χ2v) is 6.37. The maximum atomic E-state index is 13.7. The Hall–Kier alpha value is -1.10. The van der Waals surface area contributed by atoms with Gasteiger partial charge in [-0.1, -0.05) is 6.92 Å². The Bertz CT molecular complexity index is 456. The molecule has 112 valence electrons. The number of hydrogen-bond donors (Lipinski definition) is 2. The van der Waals surface area contributed by atoms with Gasteiger partial charge in [0.2, 0.25) is 0 Å². The highest BCUT2D eigenvalue weighted by atomic mass is 32.2. The molecule has 3 nitrogen and oxygen atoms in total. The van der Waals surface area contributed by atoms with E-state index in [4.69, 9.17) is 10.5 Å². The zero-order valence-electron chi connectivity index (χ0n) is 12.1. The first-order chi connectivity index (χ1) is 9.63. The zero-order chi connectivity index (χ0) is 14.5. The summed E-state index contributed by atoms with van der Waals surface area (Å²) in [6, 6.07) is 3.44. The van der Waals surface area contributed by atoms with Crippen LogP contribution in [0.25, 0.3) is 0 Å². The van der Waals surface area contributed by atoms with E-state index in [1.165, 1.54) is 12.5 Å². The highest BCUT2D eigenvalue weighted by Crippen LogP contribution is 2.34. The fourth-order valence-corrected chi connectivity index (χ4v) is 3.32. The second-order valence-electron chi connectivity index (χ2n) is 5.23. The van der Waals surface area contributed by atoms with Crippen LogP contribution in [0.15, 0.2) is 12.1 Å². The van der Waals surface area contributed by atoms with Crippen molar-refractivity contribution in [3.8, 4) is 5.75 Å². The van der Waals surface area contributed by atoms with Crippen LogP contribution in [-0.2, 0) is 0 Å². The van der Waals surface area contributed by atoms with Crippen molar-refractivity contribution in [1.82, 2.24) is 0 Å². The highest BCUT2D eigenvalue weighted by Gasteiger charge is 2.24. The summed E-state index contributed by atoms with van der Waals surface area (Å²) in [6.07, 6.45) is 6.48. The molecule has 0 aliphatic heterocycles. The molecule has 2 rings (SSSR count). The van der Waals surface area contributed by atoms with Gasteiger partial charge in [0.25, 0.3) is 0 Å². The molecule has 1 aliphatic rings. The topological polar surface area (TPSA) is 47.3 Å². The molecule has 2 unspecified atom stereocenters. The van der Waals surface area contributed by atoms with Crippen molar-refractivity contribution < 1.29 is 9.13 Å². The molecule has 0 heterocycles. The average Bonchev–Trinajstić information content (AvgIpc) is 2.88. The first kappa shape index (κ1) is 15.3. The lowest BCUT2D eigenvalue weighted by Crippen LogP contribution is -2.17. The van der Waals surface area contributed by atoms with Gasteiger partial charge < -0.3 is 15.8 Å². The third kappa shape index (κ3) is 3.72. The summed E-state index contributed by atoms with van der Waals surface area (Å²) in [4.78, 5) is 0. The molecule has 1 fully saturated rings. The number of nitrogens with two attached hydrogens (primary N) is 1. The van der Waals surface area contributed by atoms with Crippen LogP contribution in [0, 0.1) is 5.82 Å². The number of hydrogen-bond acceptors (Lipinski definition) is 4. The summed E-state index contributed by atoms with van der Waals surface area (Å²) in [5.41, 5.74) is 7.13. The molecule has 0 radical (unpaired) electrons. The monoisotopic (exact) mass is 298 g/mol. The third-order valence-corrected chi connectivity index (χ3v) is 4.74. The van der Waals surface area contributed by atoms with Gasteiger partial charge in [0.1, 0.15) is 0 Å². The minimum Gasteiger partial charge on any atom is -0.490 e. The summed E-state index contributed by atoms with van der Waals surface area (Å²) in [6.45, 7) is 2.51. The van der Waals surface area contributed by atoms with E-state index in [-0.39, 0.29) is 5.75 Å². The normalized spacial score (nSPS) is 21.9. The Morgan fingerprint density at radius 2 is 2.25 bits per heavy atom. The average molecular weight is 298 g/mol. The van der Waals surface area contributed by atoms with Crippen LogP contribution in [0.4, 0.5) is 15.8 Å². The van der Waals surface area contributed by atoms with Gasteiger partial charge in [-0.15, -0.1) is 0 Å². The van der Waals surface area contributed by atoms with Crippen molar-refractivity contribution in [1.29, 1.82) is 0 Å². The van der Waals surface area contributed by atoms with Crippen molar-refractivity contribution in [3.63, 3.8) is 0 Å². The lowest BCUT2D eigenvalue weighted by molar-refractivity contribution is 0.301. The van der Waals surface area contributed by atoms with E-state index in [0.717, 1.165) is 24.9 Å². The number of nitrogens with one attached hydrogen (secondary N) is 1. The van der Waals surface area contributed by atoms with Gasteiger partial charge in [0.05, 0.1) is 18.0 Å². The number of ether oxygens (including phenoxy) is 1. The molecule has 0 amide bonds. The first-order valence-corrected chi connectivity index (χ1v) is 8.44. The smallest absolute Gasteiger partial charge is 0.167 e. The van der Waals surface area contributed by atoms with Crippen molar-refractivity contribution in [2.24, 2.45) is 0 Å². The van der Waals surface area contributed by atoms with Gasteiger partial charge >= 0.3 is 0 Å². The molecule has 1 aromatic rings. The van der Waals surface area contributed by atoms with Gasteiger partial charge in [-0.05, 0) is 31.9 Å². The molecular weight excluding hydrogens is 275 g/mol. The molecule has 1 saturated carbocycles. The van der Waals surface area contributed by atoms with E-state index < -0.39 is 5.82 Å². The van der Waals surface area contributed by atoms with Crippen LogP contribution in [0.1, 0.15) is 32.6 Å². The standard InChI is InChI=1S/C15H23FN2OS/c1-3-6-19-15-9-14(13(17)8-12(15)16)18-10-4-5-11(7-10)20-2/h8-11,18H,3-7,17H2,1-2H3. The van der Waals surface area contributed by atoms with E-state index in [0.29, 0.717) is 23.6 Å². The first-order valence-electron chi connectivity index (χ1n) is 7.15. The zero-order valence-corrected chi connectivity index (χ0v) is 12.9. The van der Waals surface area contributed by atoms with Crippen molar-refractivity contribution in [2.45, 2.75) is 43.9 Å². The van der Waals surface area contributed by atoms with Gasteiger partial charge in [0.15, 0.2) is 11.6 Å². The van der Waals surface area contributed by atoms with Gasteiger partial charge in [-0.3, -0.25) is 0 Å². The van der Waals surface area contributed by atoms with Crippen molar-refractivity contribution in [2.75, 3.05) is 23.9 Å². The molecule has 20 heavy (non-hydrogen) atoms. The Kier molecular flexibility index (Phi) is 5.40. The van der Waals surface area contributed by atoms with E-state index >= 15 is 0 Å². The Balaban J connectivity index is 2.07. The molecule has 3 N–H and O–H groups in total. The SMILES string of the molecule is CCCOc1cc(NC2CCC(SC)C2)c(N)cc1F. The predicted octanol–water partition coefficient (Wildman–Crippen LogP) is 3.89. The van der Waals surface area contributed by atoms with Crippen LogP contribution in [0.5, 0.6) is 5.75 Å². The summed E-state index contributed by atoms with van der Waals surface area (Å²) in [7, 11) is 0. The highest BCUT2D eigenvalue weighted by molar-refractivity contribution is 7.99. The molecule has 1 aromatic carbocycles. The number of benzene rings is 1. The molecule has 5 heteroatoms. The molecular formula is C15H23FN2OS. The molecule has 2 atom stereocenters. The number of nitrogen functional groups attached to an aromatic ring is 1. The fourth-order valence-electron chi connectivity index (χ4n) is 2.52.